The normalized spacial score (nSPS) is 10.5. The minimum Gasteiger partial charge on any atom is -0.466 e. The molecule has 4 nitrogen and oxygen atoms in total. The molecular weight excluding hydrogens is 283 g/mol. The first-order valence-electron chi connectivity index (χ1n) is 7.94. The molecule has 0 heterocycles. The van der Waals surface area contributed by atoms with Gasteiger partial charge in [-0.2, -0.15) is 0 Å². The number of unbranched alkanes of at least 4 members (excludes halogenated alkanes) is 1. The highest BCUT2D eigenvalue weighted by molar-refractivity contribution is 5.70. The van der Waals surface area contributed by atoms with Crippen molar-refractivity contribution in [1.82, 2.24) is 5.32 Å². The topological polar surface area (TPSA) is 41.6 Å². The van der Waals surface area contributed by atoms with Crippen LogP contribution in [0.2, 0.25) is 0 Å². The Hall–Kier alpha value is -1.62. The lowest BCUT2D eigenvalue weighted by Crippen LogP contribution is -2.23. The van der Waals surface area contributed by atoms with Crippen molar-refractivity contribution in [3.05, 3.63) is 29.6 Å². The summed E-state index contributed by atoms with van der Waals surface area (Å²) < 4.78 is 18.8. The molecule has 0 unspecified atom stereocenters. The number of benzene rings is 1. The van der Waals surface area contributed by atoms with Gasteiger partial charge < -0.3 is 15.0 Å². The Kier molecular flexibility index (Phi) is 8.51. The highest BCUT2D eigenvalue weighted by atomic mass is 19.1. The van der Waals surface area contributed by atoms with E-state index in [9.17, 15) is 9.18 Å². The van der Waals surface area contributed by atoms with E-state index in [0.717, 1.165) is 31.5 Å². The van der Waals surface area contributed by atoms with E-state index in [1.165, 1.54) is 6.07 Å². The van der Waals surface area contributed by atoms with Crippen LogP contribution in [0.5, 0.6) is 0 Å². The van der Waals surface area contributed by atoms with Crippen molar-refractivity contribution in [2.24, 2.45) is 0 Å². The van der Waals surface area contributed by atoms with Crippen LogP contribution < -0.4 is 10.2 Å². The molecule has 0 bridgehead atoms. The van der Waals surface area contributed by atoms with Gasteiger partial charge in [0.05, 0.1) is 18.7 Å². The summed E-state index contributed by atoms with van der Waals surface area (Å²) in [5.41, 5.74) is 1.55. The largest absolute Gasteiger partial charge is 0.466 e. The summed E-state index contributed by atoms with van der Waals surface area (Å²) in [6, 6.07) is 5.10. The molecule has 0 saturated carbocycles. The van der Waals surface area contributed by atoms with E-state index in [1.54, 1.807) is 24.9 Å². The van der Waals surface area contributed by atoms with E-state index in [0.29, 0.717) is 18.8 Å². The average molecular weight is 310 g/mol. The van der Waals surface area contributed by atoms with Crippen molar-refractivity contribution >= 4 is 11.7 Å². The smallest absolute Gasteiger partial charge is 0.307 e. The van der Waals surface area contributed by atoms with Gasteiger partial charge in [-0.05, 0) is 37.6 Å². The molecule has 1 aromatic carbocycles. The number of nitrogens with zero attached hydrogens (tertiary/aromatic N) is 1. The number of hydrogen-bond donors (Lipinski definition) is 1. The van der Waals surface area contributed by atoms with Crippen molar-refractivity contribution in [2.45, 2.75) is 39.7 Å². The Labute approximate surface area is 132 Å². The summed E-state index contributed by atoms with van der Waals surface area (Å²) in [6.45, 7) is 6.41. The van der Waals surface area contributed by atoms with Crippen LogP contribution in [0.1, 0.15) is 38.7 Å². The number of halogens is 1. The van der Waals surface area contributed by atoms with Crippen LogP contribution in [-0.4, -0.2) is 32.7 Å². The van der Waals surface area contributed by atoms with Crippen molar-refractivity contribution in [2.75, 3.05) is 31.6 Å². The zero-order chi connectivity index (χ0) is 16.4. The number of nitrogens with one attached hydrogen (secondary N) is 1. The Morgan fingerprint density at radius 1 is 1.36 bits per heavy atom. The first-order chi connectivity index (χ1) is 10.6. The molecule has 1 rings (SSSR count). The maximum atomic E-state index is 14.0. The van der Waals surface area contributed by atoms with Crippen LogP contribution in [0.25, 0.3) is 0 Å². The zero-order valence-corrected chi connectivity index (χ0v) is 13.8. The molecule has 1 aromatic rings. The summed E-state index contributed by atoms with van der Waals surface area (Å²) in [6.07, 6.45) is 2.54. The Morgan fingerprint density at radius 2 is 2.14 bits per heavy atom. The lowest BCUT2D eigenvalue weighted by molar-refractivity contribution is -0.142. The molecule has 22 heavy (non-hydrogen) atoms. The second-order valence-corrected chi connectivity index (χ2v) is 5.29. The summed E-state index contributed by atoms with van der Waals surface area (Å²) >= 11 is 0. The van der Waals surface area contributed by atoms with Gasteiger partial charge in [0, 0.05) is 20.1 Å². The highest BCUT2D eigenvalue weighted by Gasteiger charge is 2.11. The van der Waals surface area contributed by atoms with E-state index in [2.05, 4.69) is 12.2 Å². The quantitative estimate of drug-likeness (QED) is 0.532. The number of ether oxygens (including phenoxy) is 1. The van der Waals surface area contributed by atoms with Gasteiger partial charge in [-0.25, -0.2) is 4.39 Å². The molecule has 0 radical (unpaired) electrons. The number of hydrogen-bond acceptors (Lipinski definition) is 4. The van der Waals surface area contributed by atoms with Crippen molar-refractivity contribution in [1.29, 1.82) is 0 Å². The second-order valence-electron chi connectivity index (χ2n) is 5.29. The van der Waals surface area contributed by atoms with Crippen LogP contribution in [0, 0.1) is 5.82 Å². The summed E-state index contributed by atoms with van der Waals surface area (Å²) in [7, 11) is 1.78. The zero-order valence-electron chi connectivity index (χ0n) is 13.8. The molecule has 0 aliphatic heterocycles. The molecule has 1 N–H and O–H groups in total. The van der Waals surface area contributed by atoms with E-state index >= 15 is 0 Å². The number of esters is 1. The Balaban J connectivity index is 2.58. The SMILES string of the molecule is CCCCNCc1ccc(F)c(N(C)CCC(=O)OCC)c1. The lowest BCUT2D eigenvalue weighted by atomic mass is 10.1. The molecular formula is C17H27FN2O2. The molecule has 0 aliphatic carbocycles. The van der Waals surface area contributed by atoms with Gasteiger partial charge in [-0.3, -0.25) is 4.79 Å². The van der Waals surface area contributed by atoms with Crippen LogP contribution >= 0.6 is 0 Å². The lowest BCUT2D eigenvalue weighted by Gasteiger charge is -2.20. The van der Waals surface area contributed by atoms with Crippen LogP contribution in [0.3, 0.4) is 0 Å². The number of rotatable bonds is 10. The fourth-order valence-corrected chi connectivity index (χ4v) is 2.11. The highest BCUT2D eigenvalue weighted by Crippen LogP contribution is 2.20. The second kappa shape index (κ2) is 10.2. The summed E-state index contributed by atoms with van der Waals surface area (Å²) in [4.78, 5) is 13.1. The summed E-state index contributed by atoms with van der Waals surface area (Å²) in [5.74, 6) is -0.532. The first kappa shape index (κ1) is 18.4. The fraction of sp³-hybridized carbons (Fsp3) is 0.588. The van der Waals surface area contributed by atoms with Gasteiger partial charge in [0.1, 0.15) is 5.82 Å². The van der Waals surface area contributed by atoms with Crippen molar-refractivity contribution in [3.63, 3.8) is 0 Å². The van der Waals surface area contributed by atoms with E-state index in [-0.39, 0.29) is 18.2 Å². The van der Waals surface area contributed by atoms with Gasteiger partial charge in [0.25, 0.3) is 0 Å². The Morgan fingerprint density at radius 3 is 2.82 bits per heavy atom. The maximum absolute atomic E-state index is 14.0. The molecule has 0 aliphatic rings. The van der Waals surface area contributed by atoms with E-state index < -0.39 is 0 Å². The monoisotopic (exact) mass is 310 g/mol. The number of carbonyl (C=O) groups excluding carboxylic acids is 1. The van der Waals surface area contributed by atoms with Crippen LogP contribution in [0.15, 0.2) is 18.2 Å². The molecule has 124 valence electrons. The van der Waals surface area contributed by atoms with Gasteiger partial charge >= 0.3 is 5.97 Å². The third kappa shape index (κ3) is 6.43. The number of carbonyl (C=O) groups is 1. The molecule has 0 aromatic heterocycles. The molecule has 5 heteroatoms. The molecule has 0 amide bonds. The maximum Gasteiger partial charge on any atom is 0.307 e. The van der Waals surface area contributed by atoms with Crippen molar-refractivity contribution < 1.29 is 13.9 Å². The summed E-state index contributed by atoms with van der Waals surface area (Å²) in [5, 5.41) is 3.34. The van der Waals surface area contributed by atoms with Gasteiger partial charge in [-0.1, -0.05) is 19.4 Å². The predicted molar refractivity (Wildman–Crippen MR) is 87.5 cm³/mol. The first-order valence-corrected chi connectivity index (χ1v) is 7.94. The molecule has 0 atom stereocenters. The molecule has 0 saturated heterocycles. The Bertz CT molecular complexity index is 466. The predicted octanol–water partition coefficient (Wildman–Crippen LogP) is 3.10. The molecule has 0 fully saturated rings. The van der Waals surface area contributed by atoms with E-state index in [1.807, 2.05) is 6.07 Å². The standard InChI is InChI=1S/C17H27FN2O2/c1-4-6-10-19-13-14-7-8-15(18)16(12-14)20(3)11-9-17(21)22-5-2/h7-8,12,19H,4-6,9-11,13H2,1-3H3. The van der Waals surface area contributed by atoms with E-state index in [4.69, 9.17) is 4.74 Å². The number of anilines is 1. The van der Waals surface area contributed by atoms with Crippen molar-refractivity contribution in [3.8, 4) is 0 Å². The van der Waals surface area contributed by atoms with Gasteiger partial charge in [0.2, 0.25) is 0 Å². The minimum absolute atomic E-state index is 0.253. The molecule has 0 spiro atoms. The van der Waals surface area contributed by atoms with Gasteiger partial charge in [-0.15, -0.1) is 0 Å². The third-order valence-corrected chi connectivity index (χ3v) is 3.41. The van der Waals surface area contributed by atoms with Crippen LogP contribution in [0.4, 0.5) is 10.1 Å². The van der Waals surface area contributed by atoms with Gasteiger partial charge in [0.15, 0.2) is 0 Å². The van der Waals surface area contributed by atoms with Crippen LogP contribution in [-0.2, 0) is 16.1 Å². The fourth-order valence-electron chi connectivity index (χ4n) is 2.11. The minimum atomic E-state index is -0.274. The average Bonchev–Trinajstić information content (AvgIpc) is 2.51. The third-order valence-electron chi connectivity index (χ3n) is 3.41.